The van der Waals surface area contributed by atoms with Crippen molar-refractivity contribution >= 4 is 11.0 Å². The molecule has 0 aliphatic rings. The van der Waals surface area contributed by atoms with Crippen LogP contribution in [0, 0.1) is 0 Å². The molecule has 16 heavy (non-hydrogen) atoms. The highest BCUT2D eigenvalue weighted by Crippen LogP contribution is 2.25. The summed E-state index contributed by atoms with van der Waals surface area (Å²) in [7, 11) is 1.94. The van der Waals surface area contributed by atoms with Crippen molar-refractivity contribution in [2.24, 2.45) is 12.8 Å². The van der Waals surface area contributed by atoms with E-state index < -0.39 is 11.6 Å². The van der Waals surface area contributed by atoms with Crippen LogP contribution in [0.25, 0.3) is 11.0 Å². The minimum Gasteiger partial charge on any atom is -0.387 e. The Hall–Kier alpha value is -1.39. The lowest BCUT2D eigenvalue weighted by Gasteiger charge is -2.26. The normalized spacial score (nSPS) is 14.3. The van der Waals surface area contributed by atoms with Crippen LogP contribution in [0.3, 0.4) is 0 Å². The Bertz CT molecular complexity index is 510. The van der Waals surface area contributed by atoms with Crippen LogP contribution < -0.4 is 5.73 Å². The van der Waals surface area contributed by atoms with E-state index in [-0.39, 0.29) is 0 Å². The predicted octanol–water partition coefficient (Wildman–Crippen LogP) is 1.34. The van der Waals surface area contributed by atoms with Crippen molar-refractivity contribution in [1.29, 1.82) is 0 Å². The number of imidazole rings is 1. The number of aliphatic hydroxyl groups is 1. The van der Waals surface area contributed by atoms with Crippen LogP contribution in [0.4, 0.5) is 0 Å². The number of aromatic nitrogens is 2. The van der Waals surface area contributed by atoms with Crippen LogP contribution >= 0.6 is 0 Å². The molecule has 2 aromatic rings. The van der Waals surface area contributed by atoms with Crippen LogP contribution in [0.15, 0.2) is 24.5 Å². The summed E-state index contributed by atoms with van der Waals surface area (Å²) in [4.78, 5) is 4.25. The largest absolute Gasteiger partial charge is 0.387 e. The molecule has 3 N–H and O–H groups in total. The third-order valence-electron chi connectivity index (χ3n) is 2.77. The summed E-state index contributed by atoms with van der Waals surface area (Å²) in [6.45, 7) is 3.61. The van der Waals surface area contributed by atoms with Gasteiger partial charge in [-0.05, 0) is 31.5 Å². The minimum absolute atomic E-state index is 0.650. The van der Waals surface area contributed by atoms with Crippen LogP contribution in [0.2, 0.25) is 0 Å². The van der Waals surface area contributed by atoms with E-state index in [4.69, 9.17) is 5.73 Å². The van der Waals surface area contributed by atoms with E-state index in [0.717, 1.165) is 16.6 Å². The summed E-state index contributed by atoms with van der Waals surface area (Å²) in [5, 5.41) is 10.1. The monoisotopic (exact) mass is 219 g/mol. The van der Waals surface area contributed by atoms with E-state index in [1.807, 2.05) is 29.8 Å². The second kappa shape index (κ2) is 3.57. The third-order valence-corrected chi connectivity index (χ3v) is 2.77. The molecule has 86 valence electrons. The van der Waals surface area contributed by atoms with Crippen LogP contribution in [-0.2, 0) is 7.05 Å². The number of aliphatic hydroxyl groups excluding tert-OH is 1. The van der Waals surface area contributed by atoms with Crippen molar-refractivity contribution in [1.82, 2.24) is 9.55 Å². The van der Waals surface area contributed by atoms with Crippen molar-refractivity contribution < 1.29 is 5.11 Å². The van der Waals surface area contributed by atoms with Crippen molar-refractivity contribution in [2.75, 3.05) is 0 Å². The van der Waals surface area contributed by atoms with E-state index in [9.17, 15) is 5.11 Å². The maximum Gasteiger partial charge on any atom is 0.0964 e. The van der Waals surface area contributed by atoms with Gasteiger partial charge in [0.1, 0.15) is 0 Å². The Balaban J connectivity index is 2.47. The molecule has 1 aromatic carbocycles. The molecule has 0 aliphatic heterocycles. The summed E-state index contributed by atoms with van der Waals surface area (Å²) in [6.07, 6.45) is 1.08. The number of nitrogens with zero attached hydrogens (tertiary/aromatic N) is 2. The van der Waals surface area contributed by atoms with Gasteiger partial charge in [-0.15, -0.1) is 0 Å². The number of hydrogen-bond donors (Lipinski definition) is 2. The van der Waals surface area contributed by atoms with E-state index in [2.05, 4.69) is 4.98 Å². The molecule has 0 bridgehead atoms. The van der Waals surface area contributed by atoms with Gasteiger partial charge in [-0.2, -0.15) is 0 Å². The maximum absolute atomic E-state index is 10.1. The third kappa shape index (κ3) is 1.81. The zero-order valence-electron chi connectivity index (χ0n) is 9.81. The summed E-state index contributed by atoms with van der Waals surface area (Å²) in [5.74, 6) is 0. The molecular formula is C12H17N3O. The Morgan fingerprint density at radius 1 is 1.44 bits per heavy atom. The first-order valence-electron chi connectivity index (χ1n) is 5.27. The number of nitrogens with two attached hydrogens (primary N) is 1. The Morgan fingerprint density at radius 2 is 2.12 bits per heavy atom. The molecule has 1 heterocycles. The predicted molar refractivity (Wildman–Crippen MR) is 63.9 cm³/mol. The van der Waals surface area contributed by atoms with E-state index >= 15 is 0 Å². The molecule has 0 radical (unpaired) electrons. The lowest BCUT2D eigenvalue weighted by molar-refractivity contribution is 0.105. The zero-order valence-corrected chi connectivity index (χ0v) is 9.81. The van der Waals surface area contributed by atoms with E-state index in [1.54, 1.807) is 20.2 Å². The highest BCUT2D eigenvalue weighted by Gasteiger charge is 2.24. The first kappa shape index (κ1) is 11.1. The Morgan fingerprint density at radius 3 is 2.75 bits per heavy atom. The lowest BCUT2D eigenvalue weighted by Crippen LogP contribution is -2.39. The van der Waals surface area contributed by atoms with Gasteiger partial charge in [-0.25, -0.2) is 4.98 Å². The zero-order chi connectivity index (χ0) is 11.9. The molecule has 2 rings (SSSR count). The van der Waals surface area contributed by atoms with E-state index in [0.29, 0.717) is 0 Å². The summed E-state index contributed by atoms with van der Waals surface area (Å²) in [6, 6.07) is 5.73. The number of rotatable bonds is 2. The fourth-order valence-electron chi connectivity index (χ4n) is 1.75. The van der Waals surface area contributed by atoms with Gasteiger partial charge >= 0.3 is 0 Å². The second-order valence-electron chi connectivity index (χ2n) is 4.83. The van der Waals surface area contributed by atoms with Gasteiger partial charge in [0.25, 0.3) is 0 Å². The topological polar surface area (TPSA) is 64.1 Å². The molecule has 0 saturated heterocycles. The van der Waals surface area contributed by atoms with Gasteiger partial charge in [-0.1, -0.05) is 6.07 Å². The maximum atomic E-state index is 10.1. The Labute approximate surface area is 94.7 Å². The molecule has 0 saturated carbocycles. The SMILES string of the molecule is Cn1cnc2cc(C(O)C(C)(C)N)ccc21. The minimum atomic E-state index is -0.682. The highest BCUT2D eigenvalue weighted by molar-refractivity contribution is 5.76. The van der Waals surface area contributed by atoms with Crippen molar-refractivity contribution in [3.63, 3.8) is 0 Å². The molecule has 1 aromatic heterocycles. The fourth-order valence-corrected chi connectivity index (χ4v) is 1.75. The molecule has 1 unspecified atom stereocenters. The smallest absolute Gasteiger partial charge is 0.0964 e. The van der Waals surface area contributed by atoms with E-state index in [1.165, 1.54) is 0 Å². The molecule has 1 atom stereocenters. The molecule has 4 nitrogen and oxygen atoms in total. The summed E-state index contributed by atoms with van der Waals surface area (Å²) in [5.41, 5.74) is 7.96. The van der Waals surface area contributed by atoms with Crippen molar-refractivity contribution in [3.8, 4) is 0 Å². The van der Waals surface area contributed by atoms with Gasteiger partial charge in [0, 0.05) is 12.6 Å². The first-order valence-corrected chi connectivity index (χ1v) is 5.27. The van der Waals surface area contributed by atoms with Crippen LogP contribution in [-0.4, -0.2) is 20.2 Å². The van der Waals surface area contributed by atoms with Crippen LogP contribution in [0.5, 0.6) is 0 Å². The number of fused-ring (bicyclic) bond motifs is 1. The molecule has 0 fully saturated rings. The quantitative estimate of drug-likeness (QED) is 0.801. The number of hydrogen-bond acceptors (Lipinski definition) is 3. The second-order valence-corrected chi connectivity index (χ2v) is 4.83. The fraction of sp³-hybridized carbons (Fsp3) is 0.417. The number of benzene rings is 1. The van der Waals surface area contributed by atoms with Gasteiger partial charge in [0.15, 0.2) is 0 Å². The average Bonchev–Trinajstić information content (AvgIpc) is 2.57. The first-order chi connectivity index (χ1) is 7.39. The molecular weight excluding hydrogens is 202 g/mol. The molecule has 0 amide bonds. The molecule has 0 aliphatic carbocycles. The van der Waals surface area contributed by atoms with Crippen LogP contribution in [0.1, 0.15) is 25.5 Å². The summed E-state index contributed by atoms with van der Waals surface area (Å²) >= 11 is 0. The van der Waals surface area contributed by atoms with Gasteiger partial charge in [0.2, 0.25) is 0 Å². The molecule has 0 spiro atoms. The average molecular weight is 219 g/mol. The highest BCUT2D eigenvalue weighted by atomic mass is 16.3. The number of aryl methyl sites for hydroxylation is 1. The van der Waals surface area contributed by atoms with Crippen molar-refractivity contribution in [2.45, 2.75) is 25.5 Å². The summed E-state index contributed by atoms with van der Waals surface area (Å²) < 4.78 is 1.94. The van der Waals surface area contributed by atoms with Gasteiger partial charge < -0.3 is 15.4 Å². The Kier molecular flexibility index (Phi) is 2.48. The molecule has 4 heteroatoms. The van der Waals surface area contributed by atoms with Gasteiger partial charge in [0.05, 0.1) is 23.5 Å². The lowest BCUT2D eigenvalue weighted by atomic mass is 9.92. The van der Waals surface area contributed by atoms with Gasteiger partial charge in [-0.3, -0.25) is 0 Å². The standard InChI is InChI=1S/C12H17N3O/c1-12(2,13)11(16)8-4-5-10-9(6-8)14-7-15(10)3/h4-7,11,16H,13H2,1-3H3. The van der Waals surface area contributed by atoms with Crippen molar-refractivity contribution in [3.05, 3.63) is 30.1 Å².